The van der Waals surface area contributed by atoms with Gasteiger partial charge in [-0.1, -0.05) is 78.9 Å². The first-order chi connectivity index (χ1) is 19.3. The smallest absolute Gasteiger partial charge is 0.0542 e. The van der Waals surface area contributed by atoms with Gasteiger partial charge in [-0.25, -0.2) is 0 Å². The molecule has 3 heteroatoms. The summed E-state index contributed by atoms with van der Waals surface area (Å²) in [6.07, 6.45) is 0. The van der Waals surface area contributed by atoms with Crippen molar-refractivity contribution in [3.63, 3.8) is 0 Å². The summed E-state index contributed by atoms with van der Waals surface area (Å²) < 4.78 is 6.93. The van der Waals surface area contributed by atoms with Gasteiger partial charge in [-0.05, 0) is 86.1 Å². The third-order valence-electron chi connectivity index (χ3n) is 7.83. The van der Waals surface area contributed by atoms with E-state index in [2.05, 4.69) is 121 Å². The lowest BCUT2D eigenvalue weighted by Crippen LogP contribution is -1.80. The van der Waals surface area contributed by atoms with Gasteiger partial charge in [-0.2, -0.15) is 0 Å². The second kappa shape index (κ2) is 8.24. The van der Waals surface area contributed by atoms with Crippen LogP contribution in [0.25, 0.3) is 82.8 Å². The van der Waals surface area contributed by atoms with Crippen molar-refractivity contribution in [1.29, 1.82) is 0 Å². The van der Waals surface area contributed by atoms with Gasteiger partial charge in [-0.3, -0.25) is 0 Å². The topological polar surface area (TPSA) is 0 Å². The molecule has 0 atom stereocenters. The number of hydrogen-bond donors (Lipinski definition) is 0. The normalized spacial score (nSPS) is 12.1. The monoisotopic (exact) mass is 548 g/mol. The van der Waals surface area contributed by atoms with Crippen LogP contribution >= 0.6 is 34.0 Å². The Morgan fingerprint density at radius 1 is 0.333 bits per heavy atom. The van der Waals surface area contributed by atoms with Gasteiger partial charge >= 0.3 is 0 Å². The van der Waals surface area contributed by atoms with E-state index >= 15 is 0 Å². The highest BCUT2D eigenvalue weighted by atomic mass is 32.1. The Kier molecular flexibility index (Phi) is 4.62. The molecule has 0 nitrogen and oxygen atoms in total. The Morgan fingerprint density at radius 3 is 1.62 bits per heavy atom. The van der Waals surface area contributed by atoms with Gasteiger partial charge in [0.05, 0.1) is 9.40 Å². The molecule has 0 radical (unpaired) electrons. The summed E-state index contributed by atoms with van der Waals surface area (Å²) in [6, 6.07) is 45.1. The maximum atomic E-state index is 2.41. The van der Waals surface area contributed by atoms with Gasteiger partial charge in [0.15, 0.2) is 0 Å². The lowest BCUT2D eigenvalue weighted by molar-refractivity contribution is 1.65. The van der Waals surface area contributed by atoms with Crippen LogP contribution in [0.2, 0.25) is 0 Å². The van der Waals surface area contributed by atoms with Crippen LogP contribution < -0.4 is 0 Å². The summed E-state index contributed by atoms with van der Waals surface area (Å²) in [5.41, 5.74) is 3.80. The first-order valence-corrected chi connectivity index (χ1v) is 15.5. The van der Waals surface area contributed by atoms with Crippen molar-refractivity contribution in [2.45, 2.75) is 0 Å². The minimum absolute atomic E-state index is 1.26. The van der Waals surface area contributed by atoms with Crippen molar-refractivity contribution in [1.82, 2.24) is 0 Å². The molecule has 0 unspecified atom stereocenters. The molecule has 182 valence electrons. The lowest BCUT2D eigenvalue weighted by atomic mass is 9.99. The molecule has 9 rings (SSSR count). The van der Waals surface area contributed by atoms with E-state index in [1.807, 2.05) is 34.0 Å². The average molecular weight is 549 g/mol. The van der Waals surface area contributed by atoms with E-state index < -0.39 is 0 Å². The van der Waals surface area contributed by atoms with E-state index in [-0.39, 0.29) is 0 Å². The zero-order valence-corrected chi connectivity index (χ0v) is 23.2. The van der Waals surface area contributed by atoms with Crippen LogP contribution in [0, 0.1) is 0 Å². The molecule has 0 N–H and O–H groups in total. The van der Waals surface area contributed by atoms with Crippen molar-refractivity contribution in [2.24, 2.45) is 0 Å². The molecule has 6 aromatic carbocycles. The van der Waals surface area contributed by atoms with Gasteiger partial charge in [0, 0.05) is 29.7 Å². The number of hydrogen-bond acceptors (Lipinski definition) is 3. The highest BCUT2D eigenvalue weighted by Gasteiger charge is 2.14. The van der Waals surface area contributed by atoms with Gasteiger partial charge in [-0.15, -0.1) is 34.0 Å². The van der Waals surface area contributed by atoms with E-state index in [0.29, 0.717) is 0 Å². The molecule has 0 aliphatic rings. The van der Waals surface area contributed by atoms with Crippen LogP contribution in [0.15, 0.2) is 121 Å². The van der Waals surface area contributed by atoms with Crippen molar-refractivity contribution in [3.05, 3.63) is 121 Å². The molecule has 39 heavy (non-hydrogen) atoms. The van der Waals surface area contributed by atoms with Crippen molar-refractivity contribution < 1.29 is 0 Å². The second-order valence-electron chi connectivity index (χ2n) is 10.2. The maximum Gasteiger partial charge on any atom is 0.0542 e. The van der Waals surface area contributed by atoms with Gasteiger partial charge < -0.3 is 0 Å². The maximum absolute atomic E-state index is 2.41. The summed E-state index contributed by atoms with van der Waals surface area (Å²) >= 11 is 5.73. The lowest BCUT2D eigenvalue weighted by Gasteiger charge is -2.06. The van der Waals surface area contributed by atoms with Gasteiger partial charge in [0.2, 0.25) is 0 Å². The van der Waals surface area contributed by atoms with E-state index in [1.54, 1.807) is 0 Å². The Bertz CT molecular complexity index is 2350. The molecular weight excluding hydrogens is 529 g/mol. The molecule has 0 amide bonds. The third kappa shape index (κ3) is 3.41. The zero-order valence-electron chi connectivity index (χ0n) is 20.8. The SMILES string of the molecule is c1ccc2cc3c(cc2c1)sc1c2cc4cc(-c5ccc(-c6cc7ccccc7s6)cc5)ccc4cc2sc31. The van der Waals surface area contributed by atoms with Crippen LogP contribution in [-0.4, -0.2) is 0 Å². The Labute approximate surface area is 237 Å². The van der Waals surface area contributed by atoms with Crippen LogP contribution in [0.4, 0.5) is 0 Å². The fourth-order valence-corrected chi connectivity index (χ4v) is 9.58. The highest BCUT2D eigenvalue weighted by molar-refractivity contribution is 7.36. The standard InChI is InChI=1S/C36H20S3/c1-2-6-24-18-33-29(16-23(24)5-1)35-36(38-33)30-17-28-15-25(13-14-26(28)19-34(30)39-35)21-9-11-22(12-10-21)32-20-27-7-3-4-8-31(27)37-32/h1-20H. The number of thiophene rings is 3. The van der Waals surface area contributed by atoms with Crippen LogP contribution in [0.3, 0.4) is 0 Å². The summed E-state index contributed by atoms with van der Waals surface area (Å²) in [7, 11) is 0. The summed E-state index contributed by atoms with van der Waals surface area (Å²) in [5.74, 6) is 0. The van der Waals surface area contributed by atoms with Crippen LogP contribution in [0.1, 0.15) is 0 Å². The van der Waals surface area contributed by atoms with Crippen LogP contribution in [-0.2, 0) is 0 Å². The molecule has 0 bridgehead atoms. The fourth-order valence-electron chi connectivity index (χ4n) is 5.82. The summed E-state index contributed by atoms with van der Waals surface area (Å²) in [6.45, 7) is 0. The number of benzene rings is 6. The summed E-state index contributed by atoms with van der Waals surface area (Å²) in [5, 5.41) is 9.32. The van der Waals surface area contributed by atoms with E-state index in [9.17, 15) is 0 Å². The second-order valence-corrected chi connectivity index (χ2v) is 13.4. The van der Waals surface area contributed by atoms with Crippen molar-refractivity contribution in [3.8, 4) is 21.6 Å². The molecule has 3 aromatic heterocycles. The molecule has 9 aromatic rings. The molecule has 0 saturated heterocycles. The van der Waals surface area contributed by atoms with E-state index in [0.717, 1.165) is 0 Å². The predicted octanol–water partition coefficient (Wildman–Crippen LogP) is 12.1. The quantitative estimate of drug-likeness (QED) is 0.201. The summed E-state index contributed by atoms with van der Waals surface area (Å²) in [4.78, 5) is 1.32. The van der Waals surface area contributed by atoms with Crippen molar-refractivity contribution >= 4 is 95.2 Å². The van der Waals surface area contributed by atoms with E-state index in [4.69, 9.17) is 0 Å². The van der Waals surface area contributed by atoms with E-state index in [1.165, 1.54) is 82.8 Å². The minimum atomic E-state index is 1.26. The van der Waals surface area contributed by atoms with Gasteiger partial charge in [0.25, 0.3) is 0 Å². The molecule has 0 fully saturated rings. The largest absolute Gasteiger partial charge is 0.135 e. The fraction of sp³-hybridized carbons (Fsp3) is 0. The predicted molar refractivity (Wildman–Crippen MR) is 176 cm³/mol. The Morgan fingerprint density at radius 2 is 0.897 bits per heavy atom. The van der Waals surface area contributed by atoms with Gasteiger partial charge in [0.1, 0.15) is 0 Å². The molecule has 3 heterocycles. The third-order valence-corrected chi connectivity index (χ3v) is 11.5. The molecule has 0 spiro atoms. The Balaban J connectivity index is 1.15. The van der Waals surface area contributed by atoms with Crippen molar-refractivity contribution in [2.75, 3.05) is 0 Å². The number of rotatable bonds is 2. The zero-order chi connectivity index (χ0) is 25.5. The highest BCUT2D eigenvalue weighted by Crippen LogP contribution is 2.46. The van der Waals surface area contributed by atoms with Crippen LogP contribution in [0.5, 0.6) is 0 Å². The first kappa shape index (κ1) is 21.9. The molecule has 0 aliphatic carbocycles. The molecular formula is C36H20S3. The minimum Gasteiger partial charge on any atom is -0.135 e. The molecule has 0 aliphatic heterocycles. The molecule has 0 saturated carbocycles. The average Bonchev–Trinajstić information content (AvgIpc) is 3.66. The first-order valence-electron chi connectivity index (χ1n) is 13.1. The Hall–Kier alpha value is -4.02. The number of fused-ring (bicyclic) bond motifs is 8.